The molecule has 0 aliphatic carbocycles. The van der Waals surface area contributed by atoms with Crippen molar-refractivity contribution in [1.82, 2.24) is 10.4 Å². The van der Waals surface area contributed by atoms with Crippen LogP contribution in [0.2, 0.25) is 0 Å². The molecule has 1 aliphatic rings. The number of ketones is 1. The molecular weight excluding hydrogens is 140 g/mol. The van der Waals surface area contributed by atoms with Gasteiger partial charge in [-0.3, -0.25) is 4.79 Å². The number of hydrazine groups is 1. The van der Waals surface area contributed by atoms with E-state index in [1.807, 2.05) is 0 Å². The van der Waals surface area contributed by atoms with Crippen LogP contribution in [0.1, 0.15) is 26.2 Å². The van der Waals surface area contributed by atoms with E-state index in [0.29, 0.717) is 6.54 Å². The van der Waals surface area contributed by atoms with Gasteiger partial charge in [0.1, 0.15) is 5.78 Å². The van der Waals surface area contributed by atoms with Crippen LogP contribution in [0.4, 0.5) is 0 Å². The van der Waals surface area contributed by atoms with Crippen LogP contribution in [0, 0.1) is 0 Å². The minimum atomic E-state index is 0.204. The zero-order chi connectivity index (χ0) is 8.10. The largest absolute Gasteiger partial charge is 0.299 e. The Kier molecular flexibility index (Phi) is 3.52. The molecule has 0 aromatic heterocycles. The fraction of sp³-hybridized carbons (Fsp3) is 0.875. The Morgan fingerprint density at radius 1 is 1.36 bits per heavy atom. The van der Waals surface area contributed by atoms with Gasteiger partial charge in [-0.2, -0.15) is 0 Å². The topological polar surface area (TPSA) is 32.3 Å². The smallest absolute Gasteiger partial charge is 0.144 e. The molecule has 1 aliphatic heterocycles. The summed E-state index contributed by atoms with van der Waals surface area (Å²) in [6, 6.07) is 0. The van der Waals surface area contributed by atoms with Gasteiger partial charge in [-0.15, -0.1) is 0 Å². The first-order valence-corrected chi connectivity index (χ1v) is 4.27. The van der Waals surface area contributed by atoms with Crippen molar-refractivity contribution >= 4 is 5.78 Å². The Hall–Kier alpha value is -0.410. The summed E-state index contributed by atoms with van der Waals surface area (Å²) in [5.74, 6) is 0.204. The lowest BCUT2D eigenvalue weighted by Crippen LogP contribution is -2.43. The maximum absolute atomic E-state index is 10.6. The summed E-state index contributed by atoms with van der Waals surface area (Å²) in [6.45, 7) is 4.28. The van der Waals surface area contributed by atoms with E-state index in [0.717, 1.165) is 13.1 Å². The maximum atomic E-state index is 10.6. The summed E-state index contributed by atoms with van der Waals surface area (Å²) in [5.41, 5.74) is 3.10. The van der Waals surface area contributed by atoms with E-state index >= 15 is 0 Å². The quantitative estimate of drug-likeness (QED) is 0.648. The highest BCUT2D eigenvalue weighted by atomic mass is 16.1. The molecule has 11 heavy (non-hydrogen) atoms. The van der Waals surface area contributed by atoms with E-state index in [1.54, 1.807) is 6.92 Å². The fourth-order valence-electron chi connectivity index (χ4n) is 1.28. The third kappa shape index (κ3) is 3.49. The second kappa shape index (κ2) is 4.46. The zero-order valence-electron chi connectivity index (χ0n) is 7.10. The highest BCUT2D eigenvalue weighted by Crippen LogP contribution is 2.05. The maximum Gasteiger partial charge on any atom is 0.144 e. The fourth-order valence-corrected chi connectivity index (χ4v) is 1.28. The van der Waals surface area contributed by atoms with Crippen LogP contribution < -0.4 is 5.43 Å². The number of rotatable bonds is 3. The molecule has 0 saturated carbocycles. The number of piperidine rings is 1. The molecule has 1 fully saturated rings. The molecule has 3 heteroatoms. The number of hydrogen-bond acceptors (Lipinski definition) is 3. The SMILES string of the molecule is CC(=O)CNN1CCCCC1. The number of carbonyl (C=O) groups excluding carboxylic acids is 1. The third-order valence-electron chi connectivity index (χ3n) is 1.91. The molecule has 1 N–H and O–H groups in total. The molecule has 0 aromatic carbocycles. The molecule has 0 spiro atoms. The molecular formula is C8H16N2O. The minimum absolute atomic E-state index is 0.204. The van der Waals surface area contributed by atoms with Crippen molar-refractivity contribution in [1.29, 1.82) is 0 Å². The van der Waals surface area contributed by atoms with Crippen LogP contribution in [-0.4, -0.2) is 30.4 Å². The van der Waals surface area contributed by atoms with Gasteiger partial charge in [0, 0.05) is 13.1 Å². The molecule has 1 heterocycles. The van der Waals surface area contributed by atoms with Gasteiger partial charge in [-0.25, -0.2) is 10.4 Å². The zero-order valence-corrected chi connectivity index (χ0v) is 7.10. The molecule has 1 saturated heterocycles. The standard InChI is InChI=1S/C8H16N2O/c1-8(11)7-9-10-5-3-2-4-6-10/h9H,2-7H2,1H3. The van der Waals surface area contributed by atoms with E-state index in [1.165, 1.54) is 19.3 Å². The van der Waals surface area contributed by atoms with Gasteiger partial charge >= 0.3 is 0 Å². The molecule has 64 valence electrons. The van der Waals surface area contributed by atoms with Crippen LogP contribution in [0.5, 0.6) is 0 Å². The molecule has 0 unspecified atom stereocenters. The minimum Gasteiger partial charge on any atom is -0.299 e. The van der Waals surface area contributed by atoms with Gasteiger partial charge in [0.15, 0.2) is 0 Å². The Morgan fingerprint density at radius 3 is 2.55 bits per heavy atom. The number of nitrogens with one attached hydrogen (secondary N) is 1. The van der Waals surface area contributed by atoms with Crippen LogP contribution in [0.25, 0.3) is 0 Å². The van der Waals surface area contributed by atoms with Crippen molar-refractivity contribution in [2.45, 2.75) is 26.2 Å². The highest BCUT2D eigenvalue weighted by Gasteiger charge is 2.08. The van der Waals surface area contributed by atoms with Crippen molar-refractivity contribution in [3.63, 3.8) is 0 Å². The Bertz CT molecular complexity index is 130. The van der Waals surface area contributed by atoms with Gasteiger partial charge < -0.3 is 0 Å². The van der Waals surface area contributed by atoms with Gasteiger partial charge in [0.25, 0.3) is 0 Å². The van der Waals surface area contributed by atoms with Crippen LogP contribution >= 0.6 is 0 Å². The van der Waals surface area contributed by atoms with Crippen LogP contribution in [0.3, 0.4) is 0 Å². The average Bonchev–Trinajstić information content (AvgIpc) is 2.03. The number of Topliss-reactive ketones (excluding diaryl/α,β-unsaturated/α-hetero) is 1. The lowest BCUT2D eigenvalue weighted by Gasteiger charge is -2.26. The molecule has 0 radical (unpaired) electrons. The lowest BCUT2D eigenvalue weighted by molar-refractivity contribution is -0.117. The summed E-state index contributed by atoms with van der Waals surface area (Å²) < 4.78 is 0. The molecule has 0 amide bonds. The monoisotopic (exact) mass is 156 g/mol. The molecule has 3 nitrogen and oxygen atoms in total. The van der Waals surface area contributed by atoms with Gasteiger partial charge in [-0.05, 0) is 19.8 Å². The van der Waals surface area contributed by atoms with Crippen molar-refractivity contribution in [2.75, 3.05) is 19.6 Å². The van der Waals surface area contributed by atoms with Gasteiger partial charge in [0.2, 0.25) is 0 Å². The van der Waals surface area contributed by atoms with E-state index in [9.17, 15) is 4.79 Å². The summed E-state index contributed by atoms with van der Waals surface area (Å²) in [7, 11) is 0. The lowest BCUT2D eigenvalue weighted by atomic mass is 10.2. The Balaban J connectivity index is 2.09. The van der Waals surface area contributed by atoms with Crippen molar-refractivity contribution in [2.24, 2.45) is 0 Å². The Labute approximate surface area is 67.7 Å². The average molecular weight is 156 g/mol. The van der Waals surface area contributed by atoms with Gasteiger partial charge in [-0.1, -0.05) is 6.42 Å². The second-order valence-electron chi connectivity index (χ2n) is 3.08. The first-order valence-electron chi connectivity index (χ1n) is 4.27. The highest BCUT2D eigenvalue weighted by molar-refractivity contribution is 5.77. The number of nitrogens with zero attached hydrogens (tertiary/aromatic N) is 1. The summed E-state index contributed by atoms with van der Waals surface area (Å²) in [5, 5.41) is 2.14. The van der Waals surface area contributed by atoms with E-state index < -0.39 is 0 Å². The first-order chi connectivity index (χ1) is 5.29. The number of carbonyl (C=O) groups is 1. The van der Waals surface area contributed by atoms with E-state index in [2.05, 4.69) is 10.4 Å². The third-order valence-corrected chi connectivity index (χ3v) is 1.91. The summed E-state index contributed by atoms with van der Waals surface area (Å²) in [6.07, 6.45) is 3.84. The Morgan fingerprint density at radius 2 is 2.00 bits per heavy atom. The second-order valence-corrected chi connectivity index (χ2v) is 3.08. The van der Waals surface area contributed by atoms with Crippen molar-refractivity contribution in [3.05, 3.63) is 0 Å². The molecule has 0 atom stereocenters. The van der Waals surface area contributed by atoms with E-state index in [-0.39, 0.29) is 5.78 Å². The number of hydrogen-bond donors (Lipinski definition) is 1. The van der Waals surface area contributed by atoms with Crippen LogP contribution in [-0.2, 0) is 4.79 Å². The predicted molar refractivity (Wildman–Crippen MR) is 44.1 cm³/mol. The molecule has 1 rings (SSSR count). The summed E-state index contributed by atoms with van der Waals surface area (Å²) in [4.78, 5) is 10.6. The van der Waals surface area contributed by atoms with Crippen LogP contribution in [0.15, 0.2) is 0 Å². The molecule has 0 aromatic rings. The van der Waals surface area contributed by atoms with E-state index in [4.69, 9.17) is 0 Å². The van der Waals surface area contributed by atoms with Gasteiger partial charge in [0.05, 0.1) is 6.54 Å². The van der Waals surface area contributed by atoms with Crippen molar-refractivity contribution in [3.8, 4) is 0 Å². The predicted octanol–water partition coefficient (Wildman–Crippen LogP) is 0.566. The normalized spacial score (nSPS) is 20.1. The molecule has 0 bridgehead atoms. The first kappa shape index (κ1) is 8.68. The van der Waals surface area contributed by atoms with Crippen molar-refractivity contribution < 1.29 is 4.79 Å². The summed E-state index contributed by atoms with van der Waals surface area (Å²) >= 11 is 0.